The Balaban J connectivity index is 1.43. The zero-order valence-electron chi connectivity index (χ0n) is 16.5. The first-order valence-corrected chi connectivity index (χ1v) is 11.0. The molecular formula is C19H29N7OS. The maximum atomic E-state index is 9.50. The number of piperidine rings is 1. The van der Waals surface area contributed by atoms with Crippen molar-refractivity contribution >= 4 is 28.3 Å². The molecule has 1 N–H and O–H groups in total. The van der Waals surface area contributed by atoms with Crippen molar-refractivity contribution in [1.29, 1.82) is 0 Å². The number of nitrogens with zero attached hydrogens (tertiary/aromatic N) is 7. The van der Waals surface area contributed by atoms with Gasteiger partial charge in [-0.3, -0.25) is 0 Å². The molecule has 2 aliphatic heterocycles. The first kappa shape index (κ1) is 19.3. The van der Waals surface area contributed by atoms with Gasteiger partial charge in [0, 0.05) is 69.9 Å². The summed E-state index contributed by atoms with van der Waals surface area (Å²) in [6, 6.07) is 2.11. The Labute approximate surface area is 170 Å². The van der Waals surface area contributed by atoms with Gasteiger partial charge in [0.25, 0.3) is 0 Å². The van der Waals surface area contributed by atoms with E-state index in [1.165, 1.54) is 11.5 Å². The maximum absolute atomic E-state index is 9.50. The normalized spacial score (nSPS) is 21.1. The molecule has 2 fully saturated rings. The van der Waals surface area contributed by atoms with Crippen LogP contribution in [-0.4, -0.2) is 70.3 Å². The van der Waals surface area contributed by atoms with Crippen LogP contribution in [0.2, 0.25) is 0 Å². The molecule has 0 saturated carbocycles. The van der Waals surface area contributed by atoms with Gasteiger partial charge in [0.05, 0.1) is 0 Å². The topological polar surface area (TPSA) is 81.5 Å². The number of aromatic nitrogens is 4. The molecule has 2 saturated heterocycles. The van der Waals surface area contributed by atoms with Gasteiger partial charge in [-0.2, -0.15) is 4.37 Å². The third-order valence-electron chi connectivity index (χ3n) is 5.60. The maximum Gasteiger partial charge on any atom is 0.205 e. The molecule has 0 radical (unpaired) electrons. The Bertz CT molecular complexity index is 770. The standard InChI is InChI=1S/C19H29N7OS/c1-2-16-22-19(28-23-16)25-8-4-7-24(9-10-25)17-11-18(21-14-20-17)26-6-3-5-15(12-26)13-27/h11,14-15,27H,2-10,12-13H2,1H3. The fourth-order valence-electron chi connectivity index (χ4n) is 3.96. The lowest BCUT2D eigenvalue weighted by atomic mass is 9.99. The third kappa shape index (κ3) is 4.35. The van der Waals surface area contributed by atoms with Crippen molar-refractivity contribution in [2.75, 3.05) is 60.6 Å². The molecule has 1 unspecified atom stereocenters. The van der Waals surface area contributed by atoms with E-state index in [0.29, 0.717) is 5.92 Å². The summed E-state index contributed by atoms with van der Waals surface area (Å²) in [7, 11) is 0. The quantitative estimate of drug-likeness (QED) is 0.810. The number of aliphatic hydroxyl groups excluding tert-OH is 1. The number of hydrogen-bond donors (Lipinski definition) is 1. The second-order valence-electron chi connectivity index (χ2n) is 7.55. The van der Waals surface area contributed by atoms with E-state index < -0.39 is 0 Å². The second kappa shape index (κ2) is 9.00. The van der Waals surface area contributed by atoms with Crippen LogP contribution in [0.4, 0.5) is 16.8 Å². The van der Waals surface area contributed by atoms with Gasteiger partial charge in [-0.25, -0.2) is 15.0 Å². The van der Waals surface area contributed by atoms with Crippen LogP contribution < -0.4 is 14.7 Å². The minimum absolute atomic E-state index is 0.252. The van der Waals surface area contributed by atoms with Gasteiger partial charge < -0.3 is 19.8 Å². The highest BCUT2D eigenvalue weighted by Gasteiger charge is 2.23. The molecule has 4 heterocycles. The molecule has 0 spiro atoms. The summed E-state index contributed by atoms with van der Waals surface area (Å²) in [5.41, 5.74) is 0. The Morgan fingerprint density at radius 1 is 1.04 bits per heavy atom. The number of aliphatic hydroxyl groups is 1. The molecule has 8 nitrogen and oxygen atoms in total. The van der Waals surface area contributed by atoms with Gasteiger partial charge in [-0.1, -0.05) is 6.92 Å². The second-order valence-corrected chi connectivity index (χ2v) is 8.28. The Morgan fingerprint density at radius 2 is 1.79 bits per heavy atom. The number of aryl methyl sites for hydroxylation is 1. The van der Waals surface area contributed by atoms with E-state index >= 15 is 0 Å². The third-order valence-corrected chi connectivity index (χ3v) is 6.42. The van der Waals surface area contributed by atoms with Crippen LogP contribution in [0, 0.1) is 5.92 Å². The van der Waals surface area contributed by atoms with Crippen LogP contribution in [0.15, 0.2) is 12.4 Å². The minimum atomic E-state index is 0.252. The Hall–Kier alpha value is -2.00. The molecule has 0 bridgehead atoms. The van der Waals surface area contributed by atoms with Gasteiger partial charge in [0.2, 0.25) is 5.13 Å². The van der Waals surface area contributed by atoms with Crippen molar-refractivity contribution in [3.63, 3.8) is 0 Å². The first-order valence-electron chi connectivity index (χ1n) is 10.3. The molecule has 4 rings (SSSR count). The summed E-state index contributed by atoms with van der Waals surface area (Å²) in [6.07, 6.45) is 5.82. The highest BCUT2D eigenvalue weighted by Crippen LogP contribution is 2.25. The Kier molecular flexibility index (Phi) is 6.21. The molecule has 152 valence electrons. The fraction of sp³-hybridized carbons (Fsp3) is 0.684. The molecule has 0 amide bonds. The smallest absolute Gasteiger partial charge is 0.205 e. The summed E-state index contributed by atoms with van der Waals surface area (Å²) in [6.45, 7) is 8.03. The Morgan fingerprint density at radius 3 is 2.57 bits per heavy atom. The monoisotopic (exact) mass is 403 g/mol. The van der Waals surface area contributed by atoms with E-state index in [9.17, 15) is 5.11 Å². The van der Waals surface area contributed by atoms with Gasteiger partial charge in [0.1, 0.15) is 23.8 Å². The molecule has 0 aromatic carbocycles. The summed E-state index contributed by atoms with van der Waals surface area (Å²) in [5, 5.41) is 10.5. The molecule has 28 heavy (non-hydrogen) atoms. The van der Waals surface area contributed by atoms with E-state index in [2.05, 4.69) is 47.0 Å². The predicted octanol–water partition coefficient (Wildman–Crippen LogP) is 1.82. The van der Waals surface area contributed by atoms with E-state index in [0.717, 1.165) is 87.5 Å². The number of hydrogen-bond acceptors (Lipinski definition) is 9. The largest absolute Gasteiger partial charge is 0.396 e. The first-order chi connectivity index (χ1) is 13.8. The van der Waals surface area contributed by atoms with E-state index in [1.54, 1.807) is 6.33 Å². The van der Waals surface area contributed by atoms with Gasteiger partial charge in [-0.15, -0.1) is 0 Å². The van der Waals surface area contributed by atoms with Crippen molar-refractivity contribution in [3.8, 4) is 0 Å². The minimum Gasteiger partial charge on any atom is -0.396 e. The van der Waals surface area contributed by atoms with Crippen molar-refractivity contribution in [3.05, 3.63) is 18.2 Å². The molecule has 2 aromatic heterocycles. The molecule has 2 aromatic rings. The molecule has 0 aliphatic carbocycles. The number of anilines is 3. The van der Waals surface area contributed by atoms with Gasteiger partial charge in [-0.05, 0) is 25.2 Å². The summed E-state index contributed by atoms with van der Waals surface area (Å²) in [5.74, 6) is 3.24. The van der Waals surface area contributed by atoms with Crippen molar-refractivity contribution in [2.45, 2.75) is 32.6 Å². The van der Waals surface area contributed by atoms with Crippen LogP contribution >= 0.6 is 11.5 Å². The van der Waals surface area contributed by atoms with Gasteiger partial charge in [0.15, 0.2) is 0 Å². The highest BCUT2D eigenvalue weighted by atomic mass is 32.1. The molecule has 9 heteroatoms. The van der Waals surface area contributed by atoms with E-state index in [4.69, 9.17) is 0 Å². The average Bonchev–Trinajstić information content (AvgIpc) is 3.10. The molecular weight excluding hydrogens is 374 g/mol. The van der Waals surface area contributed by atoms with Crippen LogP contribution in [0.5, 0.6) is 0 Å². The SMILES string of the molecule is CCc1nsc(N2CCCN(c3cc(N4CCCC(CO)C4)ncn3)CC2)n1. The zero-order valence-corrected chi connectivity index (χ0v) is 17.3. The van der Waals surface area contributed by atoms with E-state index in [-0.39, 0.29) is 6.61 Å². The average molecular weight is 404 g/mol. The summed E-state index contributed by atoms with van der Waals surface area (Å²) >= 11 is 1.50. The van der Waals surface area contributed by atoms with Crippen molar-refractivity contribution < 1.29 is 5.11 Å². The summed E-state index contributed by atoms with van der Waals surface area (Å²) < 4.78 is 4.43. The van der Waals surface area contributed by atoms with E-state index in [1.807, 2.05) is 0 Å². The van der Waals surface area contributed by atoms with Crippen LogP contribution in [0.25, 0.3) is 0 Å². The van der Waals surface area contributed by atoms with Crippen LogP contribution in [-0.2, 0) is 6.42 Å². The zero-order chi connectivity index (χ0) is 19.3. The number of rotatable bonds is 5. The lowest BCUT2D eigenvalue weighted by Crippen LogP contribution is -2.37. The summed E-state index contributed by atoms with van der Waals surface area (Å²) in [4.78, 5) is 20.7. The molecule has 1 atom stereocenters. The van der Waals surface area contributed by atoms with Crippen molar-refractivity contribution in [1.82, 2.24) is 19.3 Å². The highest BCUT2D eigenvalue weighted by molar-refractivity contribution is 7.09. The van der Waals surface area contributed by atoms with Crippen molar-refractivity contribution in [2.24, 2.45) is 5.92 Å². The molecule has 2 aliphatic rings. The van der Waals surface area contributed by atoms with Crippen LogP contribution in [0.1, 0.15) is 32.0 Å². The van der Waals surface area contributed by atoms with Crippen LogP contribution in [0.3, 0.4) is 0 Å². The lowest BCUT2D eigenvalue weighted by molar-refractivity contribution is 0.208. The fourth-order valence-corrected chi connectivity index (χ4v) is 4.76. The predicted molar refractivity (Wildman–Crippen MR) is 112 cm³/mol. The van der Waals surface area contributed by atoms with Gasteiger partial charge >= 0.3 is 0 Å². The lowest BCUT2D eigenvalue weighted by Gasteiger charge is -2.33.